The standard InChI is InChI=1S/C13H22N2S/c1-2-15(11-6-3-4-7-11)10-12(14)13-8-5-9-16-13/h5,8-9,11-12H,2-4,6-7,10,14H2,1H3. The number of likely N-dealkylation sites (N-methyl/N-ethyl adjacent to an activating group) is 1. The summed E-state index contributed by atoms with van der Waals surface area (Å²) in [5.74, 6) is 0. The molecular weight excluding hydrogens is 216 g/mol. The number of rotatable bonds is 5. The fourth-order valence-corrected chi connectivity index (χ4v) is 3.37. The maximum Gasteiger partial charge on any atom is 0.0519 e. The number of nitrogens with zero attached hydrogens (tertiary/aromatic N) is 1. The number of hydrogen-bond acceptors (Lipinski definition) is 3. The Labute approximate surface area is 102 Å². The number of nitrogens with two attached hydrogens (primary N) is 1. The van der Waals surface area contributed by atoms with Crippen LogP contribution in [0.3, 0.4) is 0 Å². The van der Waals surface area contributed by atoms with Crippen LogP contribution in [0.15, 0.2) is 17.5 Å². The van der Waals surface area contributed by atoms with Crippen molar-refractivity contribution in [2.24, 2.45) is 5.73 Å². The van der Waals surface area contributed by atoms with Crippen LogP contribution in [0.4, 0.5) is 0 Å². The lowest BCUT2D eigenvalue weighted by Crippen LogP contribution is -2.38. The fourth-order valence-electron chi connectivity index (χ4n) is 2.65. The van der Waals surface area contributed by atoms with Crippen LogP contribution in [-0.2, 0) is 0 Å². The van der Waals surface area contributed by atoms with E-state index in [-0.39, 0.29) is 6.04 Å². The van der Waals surface area contributed by atoms with E-state index in [1.165, 1.54) is 30.6 Å². The van der Waals surface area contributed by atoms with Crippen LogP contribution >= 0.6 is 11.3 Å². The molecule has 3 heteroatoms. The van der Waals surface area contributed by atoms with Gasteiger partial charge in [-0.15, -0.1) is 11.3 Å². The van der Waals surface area contributed by atoms with E-state index in [1.807, 2.05) is 0 Å². The molecule has 1 aromatic rings. The van der Waals surface area contributed by atoms with Gasteiger partial charge in [-0.2, -0.15) is 0 Å². The second kappa shape index (κ2) is 5.80. The average Bonchev–Trinajstić information content (AvgIpc) is 2.96. The van der Waals surface area contributed by atoms with Crippen molar-refractivity contribution in [1.82, 2.24) is 4.90 Å². The first kappa shape index (κ1) is 12.1. The monoisotopic (exact) mass is 238 g/mol. The Kier molecular flexibility index (Phi) is 4.38. The second-order valence-electron chi connectivity index (χ2n) is 4.65. The third-order valence-corrected chi connectivity index (χ3v) is 4.59. The largest absolute Gasteiger partial charge is 0.322 e. The van der Waals surface area contributed by atoms with Gasteiger partial charge in [-0.05, 0) is 30.8 Å². The molecule has 2 nitrogen and oxygen atoms in total. The van der Waals surface area contributed by atoms with Gasteiger partial charge in [-0.3, -0.25) is 4.90 Å². The molecule has 1 heterocycles. The highest BCUT2D eigenvalue weighted by atomic mass is 32.1. The molecule has 1 unspecified atom stereocenters. The van der Waals surface area contributed by atoms with E-state index >= 15 is 0 Å². The molecule has 0 amide bonds. The summed E-state index contributed by atoms with van der Waals surface area (Å²) < 4.78 is 0. The Morgan fingerprint density at radius 2 is 2.25 bits per heavy atom. The zero-order valence-corrected chi connectivity index (χ0v) is 10.9. The molecule has 0 radical (unpaired) electrons. The minimum atomic E-state index is 0.195. The Balaban J connectivity index is 1.90. The zero-order valence-electron chi connectivity index (χ0n) is 10.1. The van der Waals surface area contributed by atoms with E-state index in [1.54, 1.807) is 11.3 Å². The number of thiophene rings is 1. The van der Waals surface area contributed by atoms with Gasteiger partial charge in [-0.25, -0.2) is 0 Å². The van der Waals surface area contributed by atoms with Crippen LogP contribution in [0.2, 0.25) is 0 Å². The lowest BCUT2D eigenvalue weighted by molar-refractivity contribution is 0.197. The summed E-state index contributed by atoms with van der Waals surface area (Å²) >= 11 is 1.77. The van der Waals surface area contributed by atoms with Crippen LogP contribution < -0.4 is 5.73 Å². The summed E-state index contributed by atoms with van der Waals surface area (Å²) in [5.41, 5.74) is 6.25. The lowest BCUT2D eigenvalue weighted by atomic mass is 10.1. The van der Waals surface area contributed by atoms with Crippen molar-refractivity contribution in [2.75, 3.05) is 13.1 Å². The fraction of sp³-hybridized carbons (Fsp3) is 0.692. The van der Waals surface area contributed by atoms with Crippen molar-refractivity contribution in [2.45, 2.75) is 44.7 Å². The predicted molar refractivity (Wildman–Crippen MR) is 70.8 cm³/mol. The van der Waals surface area contributed by atoms with Crippen LogP contribution in [-0.4, -0.2) is 24.0 Å². The van der Waals surface area contributed by atoms with Gasteiger partial charge in [0.25, 0.3) is 0 Å². The van der Waals surface area contributed by atoms with E-state index in [4.69, 9.17) is 5.73 Å². The highest BCUT2D eigenvalue weighted by Crippen LogP contribution is 2.25. The van der Waals surface area contributed by atoms with Gasteiger partial charge in [0.15, 0.2) is 0 Å². The summed E-state index contributed by atoms with van der Waals surface area (Å²) in [6, 6.07) is 5.22. The minimum absolute atomic E-state index is 0.195. The topological polar surface area (TPSA) is 29.3 Å². The molecule has 2 rings (SSSR count). The van der Waals surface area contributed by atoms with Crippen LogP contribution in [0, 0.1) is 0 Å². The van der Waals surface area contributed by atoms with E-state index in [0.29, 0.717) is 0 Å². The van der Waals surface area contributed by atoms with Crippen molar-refractivity contribution in [3.63, 3.8) is 0 Å². The molecule has 1 aliphatic carbocycles. The Bertz CT molecular complexity index is 291. The highest BCUT2D eigenvalue weighted by molar-refractivity contribution is 7.10. The molecule has 0 spiro atoms. The van der Waals surface area contributed by atoms with Crippen molar-refractivity contribution in [3.05, 3.63) is 22.4 Å². The van der Waals surface area contributed by atoms with E-state index in [2.05, 4.69) is 29.3 Å². The average molecular weight is 238 g/mol. The smallest absolute Gasteiger partial charge is 0.0519 e. The highest BCUT2D eigenvalue weighted by Gasteiger charge is 2.23. The van der Waals surface area contributed by atoms with Gasteiger partial charge >= 0.3 is 0 Å². The van der Waals surface area contributed by atoms with Gasteiger partial charge in [0.2, 0.25) is 0 Å². The quantitative estimate of drug-likeness (QED) is 0.854. The predicted octanol–water partition coefficient (Wildman–Crippen LogP) is 3.01. The molecular formula is C13H22N2S. The van der Waals surface area contributed by atoms with Crippen LogP contribution in [0.1, 0.15) is 43.5 Å². The molecule has 16 heavy (non-hydrogen) atoms. The van der Waals surface area contributed by atoms with Crippen LogP contribution in [0.5, 0.6) is 0 Å². The molecule has 0 aliphatic heterocycles. The van der Waals surface area contributed by atoms with Gasteiger partial charge in [0.05, 0.1) is 6.04 Å². The first-order valence-electron chi connectivity index (χ1n) is 6.34. The Morgan fingerprint density at radius 1 is 1.50 bits per heavy atom. The van der Waals surface area contributed by atoms with Crippen LogP contribution in [0.25, 0.3) is 0 Å². The molecule has 90 valence electrons. The normalized spacial score (nSPS) is 19.4. The van der Waals surface area contributed by atoms with Crippen molar-refractivity contribution < 1.29 is 0 Å². The first-order valence-corrected chi connectivity index (χ1v) is 7.22. The number of hydrogen-bond donors (Lipinski definition) is 1. The molecule has 1 fully saturated rings. The van der Waals surface area contributed by atoms with E-state index < -0.39 is 0 Å². The summed E-state index contributed by atoms with van der Waals surface area (Å²) in [6.07, 6.45) is 5.53. The molecule has 0 bridgehead atoms. The van der Waals surface area contributed by atoms with Crippen molar-refractivity contribution >= 4 is 11.3 Å². The summed E-state index contributed by atoms with van der Waals surface area (Å²) in [7, 11) is 0. The second-order valence-corrected chi connectivity index (χ2v) is 5.63. The van der Waals surface area contributed by atoms with E-state index in [9.17, 15) is 0 Å². The molecule has 1 aromatic heterocycles. The molecule has 1 atom stereocenters. The van der Waals surface area contributed by atoms with Gasteiger partial charge in [0, 0.05) is 17.5 Å². The summed E-state index contributed by atoms with van der Waals surface area (Å²) in [6.45, 7) is 4.39. The third kappa shape index (κ3) is 2.84. The van der Waals surface area contributed by atoms with Gasteiger partial charge in [0.1, 0.15) is 0 Å². The van der Waals surface area contributed by atoms with Crippen molar-refractivity contribution in [1.29, 1.82) is 0 Å². The lowest BCUT2D eigenvalue weighted by Gasteiger charge is -2.29. The van der Waals surface area contributed by atoms with Gasteiger partial charge < -0.3 is 5.73 Å². The molecule has 1 aliphatic rings. The maximum atomic E-state index is 6.25. The SMILES string of the molecule is CCN(CC(N)c1cccs1)C1CCCC1. The Hall–Kier alpha value is -0.380. The van der Waals surface area contributed by atoms with Crippen molar-refractivity contribution in [3.8, 4) is 0 Å². The first-order chi connectivity index (χ1) is 7.81. The van der Waals surface area contributed by atoms with E-state index in [0.717, 1.165) is 19.1 Å². The third-order valence-electron chi connectivity index (χ3n) is 3.59. The summed E-state index contributed by atoms with van der Waals surface area (Å²) in [4.78, 5) is 3.88. The molecule has 0 saturated heterocycles. The summed E-state index contributed by atoms with van der Waals surface area (Å²) in [5, 5.41) is 2.11. The molecule has 1 saturated carbocycles. The molecule has 2 N–H and O–H groups in total. The zero-order chi connectivity index (χ0) is 11.4. The minimum Gasteiger partial charge on any atom is -0.322 e. The molecule has 0 aromatic carbocycles. The van der Waals surface area contributed by atoms with Gasteiger partial charge in [-0.1, -0.05) is 25.8 Å². The maximum absolute atomic E-state index is 6.25. The Morgan fingerprint density at radius 3 is 2.81 bits per heavy atom.